The first-order valence-corrected chi connectivity index (χ1v) is 10.3. The topological polar surface area (TPSA) is 83.9 Å². The van der Waals surface area contributed by atoms with Crippen LogP contribution in [0.1, 0.15) is 38.2 Å². The molecule has 0 radical (unpaired) electrons. The highest BCUT2D eigenvalue weighted by Gasteiger charge is 2.36. The van der Waals surface area contributed by atoms with Gasteiger partial charge in [-0.15, -0.1) is 0 Å². The molecule has 0 fully saturated rings. The summed E-state index contributed by atoms with van der Waals surface area (Å²) in [7, 11) is -3.71. The summed E-state index contributed by atoms with van der Waals surface area (Å²) in [6, 6.07) is 13.6. The molecule has 0 amide bonds. The standard InChI is InChI=1S/C20H23NO5S/c1-14(2)26-16-9-10-19-18(12-16)15(8-11-20(22)23)13-21(19)27(24,25)17-6-4-3-5-7-17/h3-7,9-10,12,14-15H,8,11,13H2,1-2H3,(H,22,23). The van der Waals surface area contributed by atoms with E-state index in [1.165, 1.54) is 4.31 Å². The molecule has 1 heterocycles. The van der Waals surface area contributed by atoms with Crippen molar-refractivity contribution in [2.24, 2.45) is 0 Å². The van der Waals surface area contributed by atoms with Crippen LogP contribution in [-0.4, -0.2) is 32.1 Å². The number of hydrogen-bond acceptors (Lipinski definition) is 4. The molecular weight excluding hydrogens is 366 g/mol. The normalized spacial score (nSPS) is 16.4. The summed E-state index contributed by atoms with van der Waals surface area (Å²) >= 11 is 0. The third kappa shape index (κ3) is 4.08. The molecule has 0 bridgehead atoms. The quantitative estimate of drug-likeness (QED) is 0.782. The number of carbonyl (C=O) groups is 1. The van der Waals surface area contributed by atoms with E-state index in [-0.39, 0.29) is 29.9 Å². The second-order valence-corrected chi connectivity index (χ2v) is 8.73. The molecule has 2 aromatic carbocycles. The Balaban J connectivity index is 2.00. The average Bonchev–Trinajstić information content (AvgIpc) is 2.99. The monoisotopic (exact) mass is 389 g/mol. The number of rotatable bonds is 7. The number of ether oxygens (including phenoxy) is 1. The first-order valence-electron chi connectivity index (χ1n) is 8.89. The maximum absolute atomic E-state index is 13.1. The van der Waals surface area contributed by atoms with Crippen LogP contribution in [0.4, 0.5) is 5.69 Å². The summed E-state index contributed by atoms with van der Waals surface area (Å²) in [6.45, 7) is 4.06. The van der Waals surface area contributed by atoms with Gasteiger partial charge in [0.05, 0.1) is 16.7 Å². The lowest BCUT2D eigenvalue weighted by Gasteiger charge is -2.20. The summed E-state index contributed by atoms with van der Waals surface area (Å²) in [5.74, 6) is -0.427. The van der Waals surface area contributed by atoms with Gasteiger partial charge in [-0.05, 0) is 56.2 Å². The minimum absolute atomic E-state index is 0.00826. The average molecular weight is 389 g/mol. The lowest BCUT2D eigenvalue weighted by Crippen LogP contribution is -2.30. The summed E-state index contributed by atoms with van der Waals surface area (Å²) in [4.78, 5) is 11.2. The van der Waals surface area contributed by atoms with Crippen LogP contribution in [0.5, 0.6) is 5.75 Å². The van der Waals surface area contributed by atoms with Gasteiger partial charge in [0.1, 0.15) is 5.75 Å². The number of aliphatic carboxylic acids is 1. The first-order chi connectivity index (χ1) is 12.8. The van der Waals surface area contributed by atoms with E-state index in [1.807, 2.05) is 19.9 Å². The van der Waals surface area contributed by atoms with Gasteiger partial charge in [-0.3, -0.25) is 9.10 Å². The Bertz CT molecular complexity index is 925. The van der Waals surface area contributed by atoms with Crippen LogP contribution in [0.3, 0.4) is 0 Å². The van der Waals surface area contributed by atoms with Crippen molar-refractivity contribution in [3.63, 3.8) is 0 Å². The molecule has 27 heavy (non-hydrogen) atoms. The van der Waals surface area contributed by atoms with Gasteiger partial charge in [0, 0.05) is 18.9 Å². The van der Waals surface area contributed by atoms with E-state index in [2.05, 4.69) is 0 Å². The van der Waals surface area contributed by atoms with E-state index in [0.29, 0.717) is 17.9 Å². The Kier molecular flexibility index (Phi) is 5.41. The van der Waals surface area contributed by atoms with E-state index in [1.54, 1.807) is 42.5 Å². The van der Waals surface area contributed by atoms with Crippen LogP contribution >= 0.6 is 0 Å². The smallest absolute Gasteiger partial charge is 0.303 e. The zero-order chi connectivity index (χ0) is 19.6. The van der Waals surface area contributed by atoms with E-state index in [9.17, 15) is 13.2 Å². The maximum atomic E-state index is 13.1. The van der Waals surface area contributed by atoms with Gasteiger partial charge in [0.25, 0.3) is 10.0 Å². The number of sulfonamides is 1. The third-order valence-corrected chi connectivity index (χ3v) is 6.30. The van der Waals surface area contributed by atoms with Crippen LogP contribution in [0, 0.1) is 0 Å². The fourth-order valence-electron chi connectivity index (χ4n) is 3.32. The second-order valence-electron chi connectivity index (χ2n) is 6.87. The number of fused-ring (bicyclic) bond motifs is 1. The van der Waals surface area contributed by atoms with Crippen LogP contribution in [0.25, 0.3) is 0 Å². The molecule has 6 nitrogen and oxygen atoms in total. The van der Waals surface area contributed by atoms with E-state index < -0.39 is 16.0 Å². The molecule has 3 rings (SSSR count). The van der Waals surface area contributed by atoms with Crippen molar-refractivity contribution in [3.8, 4) is 5.75 Å². The molecule has 0 aromatic heterocycles. The minimum Gasteiger partial charge on any atom is -0.491 e. The Morgan fingerprint density at radius 2 is 1.93 bits per heavy atom. The Morgan fingerprint density at radius 1 is 1.22 bits per heavy atom. The van der Waals surface area contributed by atoms with Gasteiger partial charge in [0.2, 0.25) is 0 Å². The van der Waals surface area contributed by atoms with Crippen LogP contribution in [0.2, 0.25) is 0 Å². The number of benzene rings is 2. The zero-order valence-electron chi connectivity index (χ0n) is 15.3. The lowest BCUT2D eigenvalue weighted by molar-refractivity contribution is -0.137. The van der Waals surface area contributed by atoms with Gasteiger partial charge >= 0.3 is 5.97 Å². The molecule has 7 heteroatoms. The molecule has 1 N–H and O–H groups in total. The first kappa shape index (κ1) is 19.2. The molecule has 0 spiro atoms. The van der Waals surface area contributed by atoms with E-state index in [0.717, 1.165) is 5.56 Å². The molecule has 1 atom stereocenters. The van der Waals surface area contributed by atoms with Gasteiger partial charge in [-0.1, -0.05) is 18.2 Å². The number of carboxylic acids is 1. The minimum atomic E-state index is -3.71. The Morgan fingerprint density at radius 3 is 2.56 bits per heavy atom. The summed E-state index contributed by atoms with van der Waals surface area (Å²) in [5.41, 5.74) is 1.40. The second kappa shape index (κ2) is 7.60. The van der Waals surface area contributed by atoms with Crippen molar-refractivity contribution >= 4 is 21.7 Å². The van der Waals surface area contributed by atoms with Gasteiger partial charge < -0.3 is 9.84 Å². The Hall–Kier alpha value is -2.54. The lowest BCUT2D eigenvalue weighted by atomic mass is 9.96. The number of carboxylic acid groups (broad SMARTS) is 1. The highest BCUT2D eigenvalue weighted by atomic mass is 32.2. The fourth-order valence-corrected chi connectivity index (χ4v) is 4.88. The summed E-state index contributed by atoms with van der Waals surface area (Å²) in [5, 5.41) is 9.04. The van der Waals surface area contributed by atoms with E-state index in [4.69, 9.17) is 9.84 Å². The fraction of sp³-hybridized carbons (Fsp3) is 0.350. The highest BCUT2D eigenvalue weighted by molar-refractivity contribution is 7.92. The van der Waals surface area contributed by atoms with Crippen molar-refractivity contribution in [1.29, 1.82) is 0 Å². The highest BCUT2D eigenvalue weighted by Crippen LogP contribution is 2.43. The maximum Gasteiger partial charge on any atom is 0.303 e. The molecule has 1 aliphatic rings. The van der Waals surface area contributed by atoms with Crippen molar-refractivity contribution < 1.29 is 23.1 Å². The van der Waals surface area contributed by atoms with Crippen LogP contribution in [0.15, 0.2) is 53.4 Å². The molecule has 1 unspecified atom stereocenters. The van der Waals surface area contributed by atoms with Gasteiger partial charge in [0.15, 0.2) is 0 Å². The van der Waals surface area contributed by atoms with Crippen molar-refractivity contribution in [2.45, 2.75) is 43.6 Å². The predicted molar refractivity (Wildman–Crippen MR) is 103 cm³/mol. The number of nitrogens with zero attached hydrogens (tertiary/aromatic N) is 1. The molecule has 144 valence electrons. The third-order valence-electron chi connectivity index (χ3n) is 4.50. The van der Waals surface area contributed by atoms with E-state index >= 15 is 0 Å². The van der Waals surface area contributed by atoms with Crippen LogP contribution < -0.4 is 9.04 Å². The molecular formula is C20H23NO5S. The molecule has 0 saturated carbocycles. The Labute approximate surface area is 159 Å². The summed E-state index contributed by atoms with van der Waals surface area (Å²) in [6.07, 6.45) is 0.346. The summed E-state index contributed by atoms with van der Waals surface area (Å²) < 4.78 is 33.4. The van der Waals surface area contributed by atoms with Crippen LogP contribution in [-0.2, 0) is 14.8 Å². The predicted octanol–water partition coefficient (Wildman–Crippen LogP) is 3.63. The number of hydrogen-bond donors (Lipinski definition) is 1. The molecule has 0 aliphatic carbocycles. The molecule has 0 saturated heterocycles. The van der Waals surface area contributed by atoms with Crippen molar-refractivity contribution in [3.05, 3.63) is 54.1 Å². The zero-order valence-corrected chi connectivity index (χ0v) is 16.1. The number of anilines is 1. The molecule has 1 aliphatic heterocycles. The SMILES string of the molecule is CC(C)Oc1ccc2c(c1)C(CCC(=O)O)CN2S(=O)(=O)c1ccccc1. The molecule has 2 aromatic rings. The largest absolute Gasteiger partial charge is 0.491 e. The van der Waals surface area contributed by atoms with Gasteiger partial charge in [-0.2, -0.15) is 0 Å². The van der Waals surface area contributed by atoms with Crippen molar-refractivity contribution in [1.82, 2.24) is 0 Å². The van der Waals surface area contributed by atoms with Gasteiger partial charge in [-0.25, -0.2) is 8.42 Å². The van der Waals surface area contributed by atoms with Crippen molar-refractivity contribution in [2.75, 3.05) is 10.8 Å².